The molecule has 1 saturated carbocycles. The molecule has 3 N–H and O–H groups in total. The minimum Gasteiger partial charge on any atom is -0.349 e. The van der Waals surface area contributed by atoms with Crippen molar-refractivity contribution in [1.82, 2.24) is 10.3 Å². The zero-order valence-electron chi connectivity index (χ0n) is 13.8. The van der Waals surface area contributed by atoms with Crippen molar-refractivity contribution < 1.29 is 4.79 Å². The molecule has 2 unspecified atom stereocenters. The molecule has 2 atom stereocenters. The molecule has 0 aliphatic heterocycles. The number of amides is 1. The number of carbonyl (C=O) groups excluding carboxylic acids is 1. The van der Waals surface area contributed by atoms with Gasteiger partial charge in [0.2, 0.25) is 0 Å². The van der Waals surface area contributed by atoms with Crippen LogP contribution in [-0.4, -0.2) is 23.5 Å². The molecule has 1 aliphatic carbocycles. The summed E-state index contributed by atoms with van der Waals surface area (Å²) < 4.78 is 0. The van der Waals surface area contributed by atoms with Crippen molar-refractivity contribution in [3.8, 4) is 0 Å². The summed E-state index contributed by atoms with van der Waals surface area (Å²) in [5, 5.41) is 6.35. The number of nitrogens with zero attached hydrogens (tertiary/aromatic N) is 1. The predicted molar refractivity (Wildman–Crippen MR) is 101 cm³/mol. The first-order chi connectivity index (χ1) is 11.7. The van der Waals surface area contributed by atoms with Crippen LogP contribution in [0.2, 0.25) is 0 Å². The van der Waals surface area contributed by atoms with Crippen molar-refractivity contribution in [3.63, 3.8) is 0 Å². The van der Waals surface area contributed by atoms with E-state index in [2.05, 4.69) is 15.7 Å². The number of carbonyl (C=O) groups is 1. The van der Waals surface area contributed by atoms with E-state index < -0.39 is 0 Å². The highest BCUT2D eigenvalue weighted by atomic mass is 32.2. The number of thiazole rings is 1. The monoisotopic (exact) mass is 361 g/mol. The smallest absolute Gasteiger partial charge is 0.252 e. The summed E-state index contributed by atoms with van der Waals surface area (Å²) in [6, 6.07) is 8.01. The van der Waals surface area contributed by atoms with Crippen LogP contribution in [0.15, 0.2) is 34.5 Å². The second-order valence-corrected chi connectivity index (χ2v) is 8.23. The zero-order chi connectivity index (χ0) is 16.9. The molecule has 4 nitrogen and oxygen atoms in total. The Labute approximate surface area is 151 Å². The molecule has 1 aromatic carbocycles. The van der Waals surface area contributed by atoms with Gasteiger partial charge >= 0.3 is 0 Å². The Morgan fingerprint density at radius 1 is 1.42 bits per heavy atom. The Kier molecular flexibility index (Phi) is 5.92. The van der Waals surface area contributed by atoms with Gasteiger partial charge in [0.05, 0.1) is 16.3 Å². The van der Waals surface area contributed by atoms with Crippen molar-refractivity contribution in [2.75, 3.05) is 6.54 Å². The molecule has 0 radical (unpaired) electrons. The minimum absolute atomic E-state index is 0.0120. The van der Waals surface area contributed by atoms with Crippen molar-refractivity contribution in [2.45, 2.75) is 42.9 Å². The largest absolute Gasteiger partial charge is 0.349 e. The summed E-state index contributed by atoms with van der Waals surface area (Å²) >= 11 is 3.32. The maximum Gasteiger partial charge on any atom is 0.252 e. The number of nitrogens with one attached hydrogen (secondary N) is 1. The summed E-state index contributed by atoms with van der Waals surface area (Å²) in [5.41, 5.74) is 7.63. The van der Waals surface area contributed by atoms with Gasteiger partial charge in [0.1, 0.15) is 0 Å². The van der Waals surface area contributed by atoms with Gasteiger partial charge in [0, 0.05) is 22.1 Å². The van der Waals surface area contributed by atoms with Gasteiger partial charge in [-0.1, -0.05) is 18.6 Å². The van der Waals surface area contributed by atoms with E-state index >= 15 is 0 Å². The van der Waals surface area contributed by atoms with E-state index in [4.69, 9.17) is 5.73 Å². The van der Waals surface area contributed by atoms with Gasteiger partial charge in [-0.3, -0.25) is 4.79 Å². The second kappa shape index (κ2) is 8.14. The quantitative estimate of drug-likeness (QED) is 0.772. The van der Waals surface area contributed by atoms with Crippen LogP contribution in [0.4, 0.5) is 0 Å². The zero-order valence-corrected chi connectivity index (χ0v) is 15.5. The van der Waals surface area contributed by atoms with E-state index in [0.717, 1.165) is 46.2 Å². The summed E-state index contributed by atoms with van der Waals surface area (Å²) in [6.07, 6.45) is 3.29. The Balaban J connectivity index is 1.67. The van der Waals surface area contributed by atoms with Crippen molar-refractivity contribution in [2.24, 2.45) is 11.7 Å². The second-order valence-electron chi connectivity index (χ2n) is 6.15. The molecule has 1 amide bonds. The van der Waals surface area contributed by atoms with Crippen LogP contribution in [-0.2, 0) is 5.75 Å². The number of benzene rings is 1. The van der Waals surface area contributed by atoms with Crippen LogP contribution in [0.3, 0.4) is 0 Å². The molecule has 128 valence electrons. The maximum atomic E-state index is 12.7. The summed E-state index contributed by atoms with van der Waals surface area (Å²) in [6.45, 7) is 2.65. The molecule has 2 aromatic rings. The first-order valence-corrected chi connectivity index (χ1v) is 10.2. The van der Waals surface area contributed by atoms with Crippen LogP contribution in [0.1, 0.15) is 40.3 Å². The maximum absolute atomic E-state index is 12.7. The van der Waals surface area contributed by atoms with Crippen LogP contribution >= 0.6 is 23.1 Å². The lowest BCUT2D eigenvalue weighted by atomic mass is 10.0. The van der Waals surface area contributed by atoms with E-state index in [1.807, 2.05) is 31.2 Å². The van der Waals surface area contributed by atoms with Crippen LogP contribution in [0, 0.1) is 12.8 Å². The fourth-order valence-electron chi connectivity index (χ4n) is 3.16. The molecule has 6 heteroatoms. The molecule has 24 heavy (non-hydrogen) atoms. The number of aryl methyl sites for hydroxylation is 1. The number of rotatable bonds is 6. The lowest BCUT2D eigenvalue weighted by molar-refractivity contribution is 0.0926. The number of aromatic nitrogens is 1. The van der Waals surface area contributed by atoms with E-state index in [-0.39, 0.29) is 11.9 Å². The molecule has 1 fully saturated rings. The summed E-state index contributed by atoms with van der Waals surface area (Å²) in [5.74, 6) is 1.20. The molecule has 1 heterocycles. The van der Waals surface area contributed by atoms with Crippen molar-refractivity contribution >= 4 is 29.0 Å². The lowest BCUT2D eigenvalue weighted by Gasteiger charge is -2.20. The summed E-state index contributed by atoms with van der Waals surface area (Å²) in [7, 11) is 0. The molecular weight excluding hydrogens is 338 g/mol. The van der Waals surface area contributed by atoms with E-state index in [0.29, 0.717) is 12.5 Å². The average molecular weight is 362 g/mol. The van der Waals surface area contributed by atoms with Crippen LogP contribution < -0.4 is 11.1 Å². The Bertz CT molecular complexity index is 701. The van der Waals surface area contributed by atoms with Gasteiger partial charge in [-0.05, 0) is 44.4 Å². The van der Waals surface area contributed by atoms with Gasteiger partial charge in [-0.2, -0.15) is 0 Å². The first-order valence-electron chi connectivity index (χ1n) is 8.31. The first kappa shape index (κ1) is 17.5. The number of nitrogens with two attached hydrogens (primary N) is 1. The van der Waals surface area contributed by atoms with Gasteiger partial charge in [0.25, 0.3) is 5.91 Å². The van der Waals surface area contributed by atoms with Gasteiger partial charge in [-0.25, -0.2) is 4.98 Å². The molecule has 0 bridgehead atoms. The molecular formula is C18H23N3OS2. The molecule has 1 aromatic heterocycles. The third-order valence-electron chi connectivity index (χ3n) is 4.45. The average Bonchev–Trinajstić information content (AvgIpc) is 3.21. The fourth-order valence-corrected chi connectivity index (χ4v) is 4.82. The van der Waals surface area contributed by atoms with Gasteiger partial charge in [-0.15, -0.1) is 23.1 Å². The third kappa shape index (κ3) is 4.18. The fraction of sp³-hybridized carbons (Fsp3) is 0.444. The number of hydrogen-bond acceptors (Lipinski definition) is 5. The van der Waals surface area contributed by atoms with Crippen molar-refractivity contribution in [1.29, 1.82) is 0 Å². The minimum atomic E-state index is 0.0120. The molecule has 3 rings (SSSR count). The topological polar surface area (TPSA) is 68.0 Å². The lowest BCUT2D eigenvalue weighted by Crippen LogP contribution is -2.40. The van der Waals surface area contributed by atoms with Gasteiger partial charge in [0.15, 0.2) is 0 Å². The van der Waals surface area contributed by atoms with Crippen molar-refractivity contribution in [3.05, 3.63) is 45.9 Å². The SMILES string of the molecule is Cc1nc(CSc2ccccc2C(=O)NC2CCCC2CN)cs1. The standard InChI is InChI=1S/C18H23N3OS2/c1-12-20-14(10-23-12)11-24-17-8-3-2-6-15(17)18(22)21-16-7-4-5-13(16)9-19/h2-3,6,8,10,13,16H,4-5,7,9,11,19H2,1H3,(H,21,22). The Hall–Kier alpha value is -1.37. The molecule has 1 aliphatic rings. The number of thioether (sulfide) groups is 1. The van der Waals surface area contributed by atoms with Crippen LogP contribution in [0.25, 0.3) is 0 Å². The Morgan fingerprint density at radius 3 is 3.00 bits per heavy atom. The summed E-state index contributed by atoms with van der Waals surface area (Å²) in [4.78, 5) is 18.2. The molecule has 0 spiro atoms. The highest BCUT2D eigenvalue weighted by Crippen LogP contribution is 2.28. The highest BCUT2D eigenvalue weighted by molar-refractivity contribution is 7.98. The van der Waals surface area contributed by atoms with E-state index in [1.165, 1.54) is 0 Å². The van der Waals surface area contributed by atoms with Crippen LogP contribution in [0.5, 0.6) is 0 Å². The normalized spacial score (nSPS) is 20.2. The van der Waals surface area contributed by atoms with E-state index in [9.17, 15) is 4.79 Å². The third-order valence-corrected chi connectivity index (χ3v) is 6.38. The van der Waals surface area contributed by atoms with Gasteiger partial charge < -0.3 is 11.1 Å². The Morgan fingerprint density at radius 2 is 2.25 bits per heavy atom. The molecule has 0 saturated heterocycles. The number of hydrogen-bond donors (Lipinski definition) is 2. The predicted octanol–water partition coefficient (Wildman–Crippen LogP) is 3.60. The highest BCUT2D eigenvalue weighted by Gasteiger charge is 2.28. The van der Waals surface area contributed by atoms with E-state index in [1.54, 1.807) is 23.1 Å².